The fourth-order valence-electron chi connectivity index (χ4n) is 9.09. The molecule has 0 spiro atoms. The summed E-state index contributed by atoms with van der Waals surface area (Å²) >= 11 is 0. The molecule has 2 heteroatoms. The van der Waals surface area contributed by atoms with Gasteiger partial charge < -0.3 is 0 Å². The molecule has 0 amide bonds. The third-order valence-electron chi connectivity index (χ3n) is 11.7. The summed E-state index contributed by atoms with van der Waals surface area (Å²) in [7, 11) is 0. The normalized spacial score (nSPS) is 12.8. The van der Waals surface area contributed by atoms with Crippen molar-refractivity contribution in [1.82, 2.24) is 9.55 Å². The zero-order chi connectivity index (χ0) is 37.1. The first-order valence-electron chi connectivity index (χ1n) is 19.3. The minimum atomic E-state index is -0.518. The van der Waals surface area contributed by atoms with Crippen molar-refractivity contribution in [3.05, 3.63) is 241 Å². The fourth-order valence-corrected chi connectivity index (χ4v) is 9.09. The average Bonchev–Trinajstić information content (AvgIpc) is 3.81. The lowest BCUT2D eigenvalue weighted by Gasteiger charge is -2.34. The first kappa shape index (κ1) is 32.2. The predicted molar refractivity (Wildman–Crippen MR) is 232 cm³/mol. The Morgan fingerprint density at radius 2 is 0.857 bits per heavy atom. The number of imidazole rings is 1. The standard InChI is InChI=1S/C54H36N2/c1-4-15-39(16-5-1)53-55-51-22-12-13-23-52(51)56(53)46-30-26-38(27-31-46)42-28-32-47-48-33-29-43(41-25-24-37-14-10-11-17-40(37)34-41)36-50(48)54(49(47)35-42,44-18-6-2-7-19-44)45-20-8-3-9-21-45/h1-36H. The summed E-state index contributed by atoms with van der Waals surface area (Å²) in [5.41, 5.74) is 16.2. The van der Waals surface area contributed by atoms with Crippen molar-refractivity contribution in [3.63, 3.8) is 0 Å². The van der Waals surface area contributed by atoms with E-state index in [1.807, 2.05) is 0 Å². The number of rotatable bonds is 6. The minimum Gasteiger partial charge on any atom is -0.292 e. The fraction of sp³-hybridized carbons (Fsp3) is 0.0185. The third-order valence-corrected chi connectivity index (χ3v) is 11.7. The monoisotopic (exact) mass is 712 g/mol. The highest BCUT2D eigenvalue weighted by molar-refractivity contribution is 5.92. The van der Waals surface area contributed by atoms with Crippen molar-refractivity contribution < 1.29 is 0 Å². The second-order valence-corrected chi connectivity index (χ2v) is 14.7. The van der Waals surface area contributed by atoms with Gasteiger partial charge in [-0.15, -0.1) is 0 Å². The molecular formula is C54H36N2. The SMILES string of the molecule is c1ccc(-c2nc3ccccc3n2-c2ccc(-c3ccc4c(c3)C(c3ccccc3)(c3ccccc3)c3cc(-c5ccc6ccccc6c5)ccc3-4)cc2)cc1. The molecule has 9 aromatic carbocycles. The summed E-state index contributed by atoms with van der Waals surface area (Å²) < 4.78 is 2.27. The lowest BCUT2D eigenvalue weighted by atomic mass is 9.67. The number of aromatic nitrogens is 2. The summed E-state index contributed by atoms with van der Waals surface area (Å²) in [6, 6.07) is 79.6. The van der Waals surface area contributed by atoms with Gasteiger partial charge in [0.15, 0.2) is 0 Å². The number of fused-ring (bicyclic) bond motifs is 5. The van der Waals surface area contributed by atoms with Crippen LogP contribution in [0.4, 0.5) is 0 Å². The van der Waals surface area contributed by atoms with Crippen LogP contribution in [0, 0.1) is 0 Å². The first-order chi connectivity index (χ1) is 27.8. The quantitative estimate of drug-likeness (QED) is 0.168. The van der Waals surface area contributed by atoms with Gasteiger partial charge in [-0.3, -0.25) is 4.57 Å². The van der Waals surface area contributed by atoms with E-state index < -0.39 is 5.41 Å². The number of hydrogen-bond donors (Lipinski definition) is 0. The molecule has 262 valence electrons. The smallest absolute Gasteiger partial charge is 0.145 e. The lowest BCUT2D eigenvalue weighted by molar-refractivity contribution is 0.769. The molecule has 0 saturated heterocycles. The Morgan fingerprint density at radius 1 is 0.357 bits per heavy atom. The Kier molecular flexibility index (Phi) is 7.43. The van der Waals surface area contributed by atoms with Crippen LogP contribution in [-0.2, 0) is 5.41 Å². The average molecular weight is 713 g/mol. The first-order valence-corrected chi connectivity index (χ1v) is 19.3. The van der Waals surface area contributed by atoms with Crippen LogP contribution in [-0.4, -0.2) is 9.55 Å². The van der Waals surface area contributed by atoms with Crippen molar-refractivity contribution in [2.75, 3.05) is 0 Å². The number of hydrogen-bond acceptors (Lipinski definition) is 1. The van der Waals surface area contributed by atoms with Gasteiger partial charge in [0, 0.05) is 11.3 Å². The highest BCUT2D eigenvalue weighted by atomic mass is 15.1. The predicted octanol–water partition coefficient (Wildman–Crippen LogP) is 13.5. The molecule has 1 aliphatic carbocycles. The largest absolute Gasteiger partial charge is 0.292 e. The van der Waals surface area contributed by atoms with E-state index in [9.17, 15) is 0 Å². The molecule has 0 radical (unpaired) electrons. The van der Waals surface area contributed by atoms with Gasteiger partial charge in [0.2, 0.25) is 0 Å². The Balaban J connectivity index is 1.08. The van der Waals surface area contributed by atoms with E-state index in [0.717, 1.165) is 28.1 Å². The number of para-hydroxylation sites is 2. The number of benzene rings is 9. The van der Waals surface area contributed by atoms with Gasteiger partial charge in [0.25, 0.3) is 0 Å². The van der Waals surface area contributed by atoms with Crippen LogP contribution < -0.4 is 0 Å². The maximum Gasteiger partial charge on any atom is 0.145 e. The molecule has 1 aliphatic rings. The van der Waals surface area contributed by atoms with E-state index in [2.05, 4.69) is 223 Å². The van der Waals surface area contributed by atoms with Crippen LogP contribution in [0.25, 0.3) is 72.3 Å². The number of nitrogens with zero attached hydrogens (tertiary/aromatic N) is 2. The highest BCUT2D eigenvalue weighted by Crippen LogP contribution is 2.57. The Bertz CT molecular complexity index is 3010. The highest BCUT2D eigenvalue weighted by Gasteiger charge is 2.46. The van der Waals surface area contributed by atoms with Crippen LogP contribution in [0.3, 0.4) is 0 Å². The van der Waals surface area contributed by atoms with E-state index in [0.29, 0.717) is 0 Å². The molecule has 0 bridgehead atoms. The second-order valence-electron chi connectivity index (χ2n) is 14.7. The zero-order valence-electron chi connectivity index (χ0n) is 30.7. The molecule has 1 aromatic heterocycles. The Hall–Kier alpha value is -7.29. The summed E-state index contributed by atoms with van der Waals surface area (Å²) in [6.07, 6.45) is 0. The Morgan fingerprint density at radius 3 is 1.52 bits per heavy atom. The topological polar surface area (TPSA) is 17.8 Å². The maximum atomic E-state index is 5.07. The molecule has 1 heterocycles. The minimum absolute atomic E-state index is 0.518. The van der Waals surface area contributed by atoms with Crippen LogP contribution >= 0.6 is 0 Å². The van der Waals surface area contributed by atoms with Gasteiger partial charge in [-0.05, 0) is 109 Å². The molecule has 0 saturated carbocycles. The van der Waals surface area contributed by atoms with Gasteiger partial charge >= 0.3 is 0 Å². The van der Waals surface area contributed by atoms with Gasteiger partial charge in [0.05, 0.1) is 16.4 Å². The summed E-state index contributed by atoms with van der Waals surface area (Å²) in [4.78, 5) is 5.07. The molecule has 0 fully saturated rings. The maximum absolute atomic E-state index is 5.07. The molecule has 0 N–H and O–H groups in total. The van der Waals surface area contributed by atoms with E-state index in [1.165, 1.54) is 66.4 Å². The second kappa shape index (κ2) is 12.9. The van der Waals surface area contributed by atoms with Crippen LogP contribution in [0.15, 0.2) is 218 Å². The zero-order valence-corrected chi connectivity index (χ0v) is 30.7. The molecule has 10 aromatic rings. The van der Waals surface area contributed by atoms with Gasteiger partial charge in [-0.25, -0.2) is 4.98 Å². The molecule has 0 aliphatic heterocycles. The molecular weight excluding hydrogens is 677 g/mol. The molecule has 2 nitrogen and oxygen atoms in total. The van der Waals surface area contributed by atoms with Crippen molar-refractivity contribution in [2.24, 2.45) is 0 Å². The molecule has 56 heavy (non-hydrogen) atoms. The van der Waals surface area contributed by atoms with Crippen molar-refractivity contribution in [3.8, 4) is 50.5 Å². The van der Waals surface area contributed by atoms with Crippen LogP contribution in [0.1, 0.15) is 22.3 Å². The van der Waals surface area contributed by atoms with E-state index >= 15 is 0 Å². The lowest BCUT2D eigenvalue weighted by Crippen LogP contribution is -2.28. The van der Waals surface area contributed by atoms with E-state index in [4.69, 9.17) is 4.98 Å². The third kappa shape index (κ3) is 5.00. The van der Waals surface area contributed by atoms with E-state index in [1.54, 1.807) is 0 Å². The van der Waals surface area contributed by atoms with E-state index in [-0.39, 0.29) is 0 Å². The summed E-state index contributed by atoms with van der Waals surface area (Å²) in [5, 5.41) is 2.50. The molecule has 0 unspecified atom stereocenters. The van der Waals surface area contributed by atoms with Gasteiger partial charge in [-0.1, -0.05) is 176 Å². The van der Waals surface area contributed by atoms with Crippen LogP contribution in [0.2, 0.25) is 0 Å². The molecule has 0 atom stereocenters. The molecule has 11 rings (SSSR count). The summed E-state index contributed by atoms with van der Waals surface area (Å²) in [5.74, 6) is 0.938. The summed E-state index contributed by atoms with van der Waals surface area (Å²) in [6.45, 7) is 0. The van der Waals surface area contributed by atoms with Crippen molar-refractivity contribution in [2.45, 2.75) is 5.41 Å². The van der Waals surface area contributed by atoms with Gasteiger partial charge in [0.1, 0.15) is 5.82 Å². The van der Waals surface area contributed by atoms with Gasteiger partial charge in [-0.2, -0.15) is 0 Å². The van der Waals surface area contributed by atoms with Crippen molar-refractivity contribution >= 4 is 21.8 Å². The Labute approximate surface area is 326 Å². The van der Waals surface area contributed by atoms with Crippen LogP contribution in [0.5, 0.6) is 0 Å². The van der Waals surface area contributed by atoms with Crippen molar-refractivity contribution in [1.29, 1.82) is 0 Å².